The van der Waals surface area contributed by atoms with Crippen LogP contribution in [0.25, 0.3) is 22.3 Å². The van der Waals surface area contributed by atoms with Crippen molar-refractivity contribution < 1.29 is 4.79 Å². The molecule has 2 aromatic heterocycles. The standard InChI is InChI=1S/C18H14ClN5O/c1-24-16(10-15(23-24)11-6-8-12(19)9-7-11)17(25)22-18-20-13-4-2-3-5-14(13)21-18/h2-10H,1H3,(H2,20,21,22,25). The smallest absolute Gasteiger partial charge is 0.276 e. The van der Waals surface area contributed by atoms with Crippen LogP contribution in [0.4, 0.5) is 5.95 Å². The van der Waals surface area contributed by atoms with Gasteiger partial charge in [-0.3, -0.25) is 14.8 Å². The van der Waals surface area contributed by atoms with Crippen LogP contribution in [-0.2, 0) is 7.05 Å². The van der Waals surface area contributed by atoms with Crippen LogP contribution in [0.5, 0.6) is 0 Å². The van der Waals surface area contributed by atoms with Crippen molar-refractivity contribution >= 4 is 34.5 Å². The third kappa shape index (κ3) is 2.99. The van der Waals surface area contributed by atoms with Crippen molar-refractivity contribution in [3.63, 3.8) is 0 Å². The highest BCUT2D eigenvalue weighted by molar-refractivity contribution is 6.30. The molecule has 0 aliphatic rings. The molecule has 2 N–H and O–H groups in total. The number of anilines is 1. The summed E-state index contributed by atoms with van der Waals surface area (Å²) >= 11 is 5.91. The van der Waals surface area contributed by atoms with Crippen LogP contribution in [0.3, 0.4) is 0 Å². The van der Waals surface area contributed by atoms with Gasteiger partial charge in [0.1, 0.15) is 5.69 Å². The Balaban J connectivity index is 1.60. The van der Waals surface area contributed by atoms with Crippen molar-refractivity contribution in [2.45, 2.75) is 0 Å². The molecule has 2 aromatic carbocycles. The summed E-state index contributed by atoms with van der Waals surface area (Å²) in [6.07, 6.45) is 0. The van der Waals surface area contributed by atoms with Gasteiger partial charge in [-0.2, -0.15) is 5.10 Å². The third-order valence-electron chi connectivity index (χ3n) is 3.87. The van der Waals surface area contributed by atoms with E-state index in [9.17, 15) is 4.79 Å². The van der Waals surface area contributed by atoms with E-state index in [0.29, 0.717) is 22.4 Å². The number of imidazole rings is 1. The topological polar surface area (TPSA) is 75.6 Å². The minimum Gasteiger partial charge on any atom is -0.324 e. The lowest BCUT2D eigenvalue weighted by Crippen LogP contribution is -2.16. The van der Waals surface area contributed by atoms with E-state index < -0.39 is 0 Å². The first-order valence-corrected chi connectivity index (χ1v) is 8.04. The van der Waals surface area contributed by atoms with Crippen LogP contribution in [0, 0.1) is 0 Å². The highest BCUT2D eigenvalue weighted by atomic mass is 35.5. The minimum absolute atomic E-state index is 0.283. The van der Waals surface area contributed by atoms with Crippen LogP contribution in [0.2, 0.25) is 5.02 Å². The van der Waals surface area contributed by atoms with Gasteiger partial charge in [-0.15, -0.1) is 0 Å². The van der Waals surface area contributed by atoms with Crippen LogP contribution in [-0.4, -0.2) is 25.7 Å². The molecule has 1 amide bonds. The fraction of sp³-hybridized carbons (Fsp3) is 0.0556. The highest BCUT2D eigenvalue weighted by Crippen LogP contribution is 2.22. The number of hydrogen-bond donors (Lipinski definition) is 2. The predicted molar refractivity (Wildman–Crippen MR) is 97.7 cm³/mol. The van der Waals surface area contributed by atoms with E-state index in [-0.39, 0.29) is 5.91 Å². The van der Waals surface area contributed by atoms with Crippen LogP contribution in [0.15, 0.2) is 54.6 Å². The Morgan fingerprint density at radius 2 is 1.92 bits per heavy atom. The molecule has 0 fully saturated rings. The number of rotatable bonds is 3. The van der Waals surface area contributed by atoms with Crippen molar-refractivity contribution in [1.29, 1.82) is 0 Å². The average Bonchev–Trinajstić information content (AvgIpc) is 3.18. The SMILES string of the molecule is Cn1nc(-c2ccc(Cl)cc2)cc1C(=O)Nc1nc2ccccc2[nH]1. The minimum atomic E-state index is -0.283. The Hall–Kier alpha value is -3.12. The molecule has 0 unspecified atom stereocenters. The summed E-state index contributed by atoms with van der Waals surface area (Å²) in [5, 5.41) is 7.83. The maximum absolute atomic E-state index is 12.6. The van der Waals surface area contributed by atoms with Gasteiger partial charge in [-0.25, -0.2) is 4.98 Å². The Morgan fingerprint density at radius 1 is 1.16 bits per heavy atom. The number of aromatic amines is 1. The van der Waals surface area contributed by atoms with Crippen LogP contribution >= 0.6 is 11.6 Å². The molecule has 7 heteroatoms. The second-order valence-electron chi connectivity index (χ2n) is 5.60. The molecular formula is C18H14ClN5O. The number of halogens is 1. The van der Waals surface area contributed by atoms with Crippen molar-refractivity contribution in [3.8, 4) is 11.3 Å². The molecule has 0 saturated carbocycles. The fourth-order valence-corrected chi connectivity index (χ4v) is 2.75. The van der Waals surface area contributed by atoms with Crippen molar-refractivity contribution in [2.24, 2.45) is 7.05 Å². The van der Waals surface area contributed by atoms with Crippen LogP contribution < -0.4 is 5.32 Å². The lowest BCUT2D eigenvalue weighted by atomic mass is 10.1. The number of carbonyl (C=O) groups is 1. The number of aryl methyl sites for hydroxylation is 1. The second kappa shape index (κ2) is 6.07. The summed E-state index contributed by atoms with van der Waals surface area (Å²) in [6, 6.07) is 16.6. The van der Waals surface area contributed by atoms with Gasteiger partial charge in [0, 0.05) is 17.6 Å². The van der Waals surface area contributed by atoms with Crippen molar-refractivity contribution in [2.75, 3.05) is 5.32 Å². The molecule has 4 aromatic rings. The fourth-order valence-electron chi connectivity index (χ4n) is 2.63. The van der Waals surface area contributed by atoms with Crippen LogP contribution in [0.1, 0.15) is 10.5 Å². The normalized spacial score (nSPS) is 11.0. The van der Waals surface area contributed by atoms with E-state index in [1.165, 1.54) is 0 Å². The summed E-state index contributed by atoms with van der Waals surface area (Å²) in [4.78, 5) is 20.0. The van der Waals surface area contributed by atoms with E-state index in [1.807, 2.05) is 36.4 Å². The second-order valence-corrected chi connectivity index (χ2v) is 6.04. The van der Waals surface area contributed by atoms with E-state index >= 15 is 0 Å². The zero-order chi connectivity index (χ0) is 17.4. The molecule has 0 atom stereocenters. The average molecular weight is 352 g/mol. The van der Waals surface area contributed by atoms with Gasteiger partial charge in [0.15, 0.2) is 0 Å². The first-order valence-electron chi connectivity index (χ1n) is 7.66. The molecule has 0 saturated heterocycles. The maximum atomic E-state index is 12.6. The highest BCUT2D eigenvalue weighted by Gasteiger charge is 2.16. The van der Waals surface area contributed by atoms with E-state index in [1.54, 1.807) is 29.9 Å². The van der Waals surface area contributed by atoms with E-state index in [0.717, 1.165) is 16.6 Å². The molecule has 0 aliphatic carbocycles. The number of para-hydroxylation sites is 2. The summed E-state index contributed by atoms with van der Waals surface area (Å²) in [5.74, 6) is 0.120. The molecule has 124 valence electrons. The Labute approximate surface area is 148 Å². The molecule has 6 nitrogen and oxygen atoms in total. The van der Waals surface area contributed by atoms with Gasteiger partial charge in [0.25, 0.3) is 5.91 Å². The number of fused-ring (bicyclic) bond motifs is 1. The van der Waals surface area contributed by atoms with Gasteiger partial charge < -0.3 is 4.98 Å². The van der Waals surface area contributed by atoms with Gasteiger partial charge in [-0.05, 0) is 30.3 Å². The van der Waals surface area contributed by atoms with Gasteiger partial charge in [0.05, 0.1) is 16.7 Å². The summed E-state index contributed by atoms with van der Waals surface area (Å²) in [7, 11) is 1.73. The maximum Gasteiger partial charge on any atom is 0.276 e. The Kier molecular flexibility index (Phi) is 3.74. The van der Waals surface area contributed by atoms with Crippen molar-refractivity contribution in [3.05, 3.63) is 65.3 Å². The molecule has 2 heterocycles. The van der Waals surface area contributed by atoms with E-state index in [2.05, 4.69) is 20.4 Å². The summed E-state index contributed by atoms with van der Waals surface area (Å²) in [5.41, 5.74) is 3.69. The predicted octanol–water partition coefficient (Wildman–Crippen LogP) is 3.87. The van der Waals surface area contributed by atoms with Gasteiger partial charge in [0.2, 0.25) is 5.95 Å². The van der Waals surface area contributed by atoms with Crippen molar-refractivity contribution in [1.82, 2.24) is 19.7 Å². The Morgan fingerprint density at radius 3 is 2.68 bits per heavy atom. The number of aromatic nitrogens is 4. The number of H-pyrrole nitrogens is 1. The van der Waals surface area contributed by atoms with Gasteiger partial charge in [-0.1, -0.05) is 35.9 Å². The van der Waals surface area contributed by atoms with Gasteiger partial charge >= 0.3 is 0 Å². The number of amides is 1. The number of nitrogens with one attached hydrogen (secondary N) is 2. The lowest BCUT2D eigenvalue weighted by Gasteiger charge is -2.01. The summed E-state index contributed by atoms with van der Waals surface area (Å²) < 4.78 is 1.54. The quantitative estimate of drug-likeness (QED) is 0.588. The zero-order valence-electron chi connectivity index (χ0n) is 13.3. The largest absolute Gasteiger partial charge is 0.324 e. The number of benzene rings is 2. The number of carbonyl (C=O) groups excluding carboxylic acids is 1. The molecular weight excluding hydrogens is 338 g/mol. The van der Waals surface area contributed by atoms with E-state index in [4.69, 9.17) is 11.6 Å². The summed E-state index contributed by atoms with van der Waals surface area (Å²) in [6.45, 7) is 0. The number of hydrogen-bond acceptors (Lipinski definition) is 3. The number of nitrogens with zero attached hydrogens (tertiary/aromatic N) is 3. The third-order valence-corrected chi connectivity index (χ3v) is 4.13. The zero-order valence-corrected chi connectivity index (χ0v) is 14.1. The lowest BCUT2D eigenvalue weighted by molar-refractivity contribution is 0.101. The monoisotopic (exact) mass is 351 g/mol. The first-order chi connectivity index (χ1) is 12.1. The molecule has 0 radical (unpaired) electrons. The first kappa shape index (κ1) is 15.4. The molecule has 4 rings (SSSR count). The molecule has 0 aliphatic heterocycles. The Bertz CT molecular complexity index is 1030. The molecule has 0 bridgehead atoms. The molecule has 25 heavy (non-hydrogen) atoms. The molecule has 0 spiro atoms.